The number of fused-ring (bicyclic) bond motifs is 1. The fourth-order valence-corrected chi connectivity index (χ4v) is 2.33. The molecule has 2 aromatic rings. The van der Waals surface area contributed by atoms with Crippen molar-refractivity contribution in [2.45, 2.75) is 26.8 Å². The molecule has 0 aliphatic rings. The van der Waals surface area contributed by atoms with Crippen LogP contribution in [0.4, 0.5) is 5.82 Å². The predicted molar refractivity (Wildman–Crippen MR) is 82.4 cm³/mol. The summed E-state index contributed by atoms with van der Waals surface area (Å²) in [5, 5.41) is 13.1. The highest BCUT2D eigenvalue weighted by Crippen LogP contribution is 2.25. The van der Waals surface area contributed by atoms with Gasteiger partial charge in [-0.3, -0.25) is 0 Å². The molecule has 0 amide bonds. The van der Waals surface area contributed by atoms with Crippen molar-refractivity contribution in [1.82, 2.24) is 4.98 Å². The first-order valence-corrected chi connectivity index (χ1v) is 6.72. The number of aromatic nitrogens is 1. The van der Waals surface area contributed by atoms with E-state index in [0.717, 1.165) is 23.3 Å². The average molecular weight is 272 g/mol. The van der Waals surface area contributed by atoms with Gasteiger partial charge in [0.2, 0.25) is 0 Å². The molecule has 1 aromatic heterocycles. The molecular formula is C15H20N4O. The topological polar surface area (TPSA) is 74.7 Å². The second kappa shape index (κ2) is 5.77. The first kappa shape index (κ1) is 14.1. The number of hydrogen-bond donors (Lipinski definition) is 2. The van der Waals surface area contributed by atoms with Gasteiger partial charge in [0, 0.05) is 18.0 Å². The standard InChI is InChI=1S/C15H20N4O/c1-4-19(10(2)3)15-12(14(16)18-20)9-11-7-5-6-8-13(11)17-15/h5-10,20H,4H2,1-3H3,(H2,16,18). The summed E-state index contributed by atoms with van der Waals surface area (Å²) in [5.74, 6) is 0.828. The Bertz CT molecular complexity index is 637. The van der Waals surface area contributed by atoms with E-state index in [0.29, 0.717) is 5.56 Å². The molecule has 106 valence electrons. The number of benzene rings is 1. The maximum Gasteiger partial charge on any atom is 0.173 e. The maximum absolute atomic E-state index is 8.99. The normalized spacial score (nSPS) is 12.1. The van der Waals surface area contributed by atoms with Gasteiger partial charge in [-0.25, -0.2) is 4.98 Å². The Morgan fingerprint density at radius 2 is 2.10 bits per heavy atom. The maximum atomic E-state index is 8.99. The van der Waals surface area contributed by atoms with Gasteiger partial charge >= 0.3 is 0 Å². The summed E-state index contributed by atoms with van der Waals surface area (Å²) >= 11 is 0. The minimum Gasteiger partial charge on any atom is -0.409 e. The smallest absolute Gasteiger partial charge is 0.173 e. The number of nitrogens with two attached hydrogens (primary N) is 1. The molecule has 1 heterocycles. The Labute approximate surface area is 118 Å². The first-order valence-electron chi connectivity index (χ1n) is 6.72. The SMILES string of the molecule is CCN(c1nc2ccccc2cc1C(N)=NO)C(C)C. The van der Waals surface area contributed by atoms with Crippen molar-refractivity contribution in [1.29, 1.82) is 0 Å². The van der Waals surface area contributed by atoms with Crippen LogP contribution >= 0.6 is 0 Å². The molecule has 20 heavy (non-hydrogen) atoms. The van der Waals surface area contributed by atoms with Crippen LogP contribution < -0.4 is 10.6 Å². The zero-order chi connectivity index (χ0) is 14.7. The second-order valence-electron chi connectivity index (χ2n) is 4.92. The van der Waals surface area contributed by atoms with Crippen LogP contribution in [-0.2, 0) is 0 Å². The summed E-state index contributed by atoms with van der Waals surface area (Å²) in [6.45, 7) is 7.05. The van der Waals surface area contributed by atoms with Gasteiger partial charge in [0.25, 0.3) is 0 Å². The van der Waals surface area contributed by atoms with Crippen LogP contribution in [0, 0.1) is 0 Å². The molecular weight excluding hydrogens is 252 g/mol. The zero-order valence-corrected chi connectivity index (χ0v) is 12.0. The number of amidine groups is 1. The fourth-order valence-electron chi connectivity index (χ4n) is 2.33. The Balaban J connectivity index is 2.71. The number of pyridine rings is 1. The van der Waals surface area contributed by atoms with Gasteiger partial charge in [-0.2, -0.15) is 0 Å². The first-order chi connectivity index (χ1) is 9.58. The average Bonchev–Trinajstić information content (AvgIpc) is 2.46. The number of hydrogen-bond acceptors (Lipinski definition) is 4. The molecule has 5 heteroatoms. The van der Waals surface area contributed by atoms with Crippen molar-refractivity contribution in [3.63, 3.8) is 0 Å². The molecule has 0 saturated carbocycles. The highest BCUT2D eigenvalue weighted by atomic mass is 16.4. The van der Waals surface area contributed by atoms with E-state index >= 15 is 0 Å². The van der Waals surface area contributed by atoms with Crippen molar-refractivity contribution >= 4 is 22.6 Å². The number of anilines is 1. The lowest BCUT2D eigenvalue weighted by Gasteiger charge is -2.28. The quantitative estimate of drug-likeness (QED) is 0.388. The molecule has 3 N–H and O–H groups in total. The number of nitrogens with zero attached hydrogens (tertiary/aromatic N) is 3. The van der Waals surface area contributed by atoms with Crippen molar-refractivity contribution in [2.24, 2.45) is 10.9 Å². The molecule has 1 aromatic carbocycles. The van der Waals surface area contributed by atoms with Gasteiger partial charge in [-0.05, 0) is 32.9 Å². The lowest BCUT2D eigenvalue weighted by molar-refractivity contribution is 0.318. The monoisotopic (exact) mass is 272 g/mol. The molecule has 0 aliphatic heterocycles. The lowest BCUT2D eigenvalue weighted by Crippen LogP contribution is -2.33. The number of oxime groups is 1. The van der Waals surface area contributed by atoms with E-state index < -0.39 is 0 Å². The van der Waals surface area contributed by atoms with Crippen molar-refractivity contribution in [3.05, 3.63) is 35.9 Å². The summed E-state index contributed by atoms with van der Waals surface area (Å²) in [5.41, 5.74) is 7.37. The van der Waals surface area contributed by atoms with E-state index in [1.807, 2.05) is 30.3 Å². The molecule has 0 bridgehead atoms. The third-order valence-corrected chi connectivity index (χ3v) is 3.32. The van der Waals surface area contributed by atoms with E-state index in [1.165, 1.54) is 0 Å². The van der Waals surface area contributed by atoms with Crippen LogP contribution in [0.2, 0.25) is 0 Å². The largest absolute Gasteiger partial charge is 0.409 e. The summed E-state index contributed by atoms with van der Waals surface area (Å²) in [7, 11) is 0. The molecule has 0 fully saturated rings. The van der Waals surface area contributed by atoms with E-state index in [-0.39, 0.29) is 11.9 Å². The molecule has 0 aliphatic carbocycles. The minimum absolute atomic E-state index is 0.0809. The van der Waals surface area contributed by atoms with Crippen molar-refractivity contribution in [3.8, 4) is 0 Å². The van der Waals surface area contributed by atoms with Crippen molar-refractivity contribution in [2.75, 3.05) is 11.4 Å². The Hall–Kier alpha value is -2.30. The molecule has 0 spiro atoms. The summed E-state index contributed by atoms with van der Waals surface area (Å²) in [4.78, 5) is 6.82. The van der Waals surface area contributed by atoms with E-state index in [9.17, 15) is 0 Å². The molecule has 5 nitrogen and oxygen atoms in total. The fraction of sp³-hybridized carbons (Fsp3) is 0.333. The van der Waals surface area contributed by atoms with E-state index in [4.69, 9.17) is 15.9 Å². The van der Waals surface area contributed by atoms with Crippen molar-refractivity contribution < 1.29 is 5.21 Å². The Morgan fingerprint density at radius 1 is 1.40 bits per heavy atom. The van der Waals surface area contributed by atoms with Gasteiger partial charge in [-0.15, -0.1) is 0 Å². The van der Waals surface area contributed by atoms with E-state index in [1.54, 1.807) is 0 Å². The third-order valence-electron chi connectivity index (χ3n) is 3.32. The van der Waals surface area contributed by atoms with Crippen LogP contribution in [0.3, 0.4) is 0 Å². The van der Waals surface area contributed by atoms with Crippen LogP contribution in [0.25, 0.3) is 10.9 Å². The van der Waals surface area contributed by atoms with E-state index in [2.05, 4.69) is 30.8 Å². The van der Waals surface area contributed by atoms with Gasteiger partial charge < -0.3 is 15.8 Å². The third kappa shape index (κ3) is 2.52. The van der Waals surface area contributed by atoms with Crippen LogP contribution in [0.5, 0.6) is 0 Å². The van der Waals surface area contributed by atoms with Gasteiger partial charge in [0.15, 0.2) is 5.84 Å². The summed E-state index contributed by atoms with van der Waals surface area (Å²) in [6, 6.07) is 10.0. The number of rotatable bonds is 4. The molecule has 0 saturated heterocycles. The highest BCUT2D eigenvalue weighted by molar-refractivity contribution is 6.04. The highest BCUT2D eigenvalue weighted by Gasteiger charge is 2.18. The van der Waals surface area contributed by atoms with Crippen LogP contribution in [-0.4, -0.2) is 28.6 Å². The minimum atomic E-state index is 0.0809. The molecule has 0 unspecified atom stereocenters. The summed E-state index contributed by atoms with van der Waals surface area (Å²) < 4.78 is 0. The molecule has 0 radical (unpaired) electrons. The Morgan fingerprint density at radius 3 is 2.70 bits per heavy atom. The second-order valence-corrected chi connectivity index (χ2v) is 4.92. The number of para-hydroxylation sites is 1. The zero-order valence-electron chi connectivity index (χ0n) is 12.0. The van der Waals surface area contributed by atoms with Crippen LogP contribution in [0.15, 0.2) is 35.5 Å². The van der Waals surface area contributed by atoms with Gasteiger partial charge in [0.05, 0.1) is 11.1 Å². The van der Waals surface area contributed by atoms with Gasteiger partial charge in [-0.1, -0.05) is 23.4 Å². The lowest BCUT2D eigenvalue weighted by atomic mass is 10.1. The van der Waals surface area contributed by atoms with Crippen LogP contribution in [0.1, 0.15) is 26.3 Å². The predicted octanol–water partition coefficient (Wildman–Crippen LogP) is 2.56. The summed E-state index contributed by atoms with van der Waals surface area (Å²) in [6.07, 6.45) is 0. The molecule has 0 atom stereocenters. The van der Waals surface area contributed by atoms with Gasteiger partial charge in [0.1, 0.15) is 5.82 Å². The Kier molecular flexibility index (Phi) is 4.08. The molecule has 2 rings (SSSR count).